The van der Waals surface area contributed by atoms with Crippen molar-refractivity contribution in [2.24, 2.45) is 5.92 Å². The van der Waals surface area contributed by atoms with E-state index in [-0.39, 0.29) is 43.0 Å². The molecule has 1 aromatic heterocycles. The summed E-state index contributed by atoms with van der Waals surface area (Å²) in [5, 5.41) is 2.73. The van der Waals surface area contributed by atoms with Gasteiger partial charge in [-0.1, -0.05) is 12.1 Å². The Morgan fingerprint density at radius 1 is 1.28 bits per heavy atom. The van der Waals surface area contributed by atoms with Crippen molar-refractivity contribution in [1.29, 1.82) is 0 Å². The molecule has 1 saturated heterocycles. The van der Waals surface area contributed by atoms with Crippen LogP contribution in [0.4, 0.5) is 4.39 Å². The molecule has 1 aliphatic heterocycles. The number of carbonyl (C=O) groups is 3. The number of nitrogens with one attached hydrogen (secondary N) is 1. The van der Waals surface area contributed by atoms with Gasteiger partial charge in [-0.05, 0) is 36.8 Å². The number of benzene rings is 1. The fourth-order valence-corrected chi connectivity index (χ4v) is 3.32. The molecule has 3 rings (SSSR count). The zero-order chi connectivity index (χ0) is 20.8. The monoisotopic (exact) mass is 401 g/mol. The largest absolute Gasteiger partial charge is 0.467 e. The minimum absolute atomic E-state index is 0.0839. The Hall–Kier alpha value is -3.16. The Labute approximate surface area is 168 Å². The molecule has 1 atom stereocenters. The third kappa shape index (κ3) is 5.43. The first-order chi connectivity index (χ1) is 14.0. The highest BCUT2D eigenvalue weighted by Gasteiger charge is 2.36. The second-order valence-electron chi connectivity index (χ2n) is 7.01. The lowest BCUT2D eigenvalue weighted by Gasteiger charge is -2.23. The molecule has 7 nitrogen and oxygen atoms in total. The topological polar surface area (TPSA) is 82.9 Å². The molecule has 2 heterocycles. The van der Waals surface area contributed by atoms with Crippen LogP contribution in [-0.2, 0) is 27.5 Å². The number of hydrogen-bond donors (Lipinski definition) is 1. The summed E-state index contributed by atoms with van der Waals surface area (Å²) in [5.74, 6) is -0.756. The third-order valence-electron chi connectivity index (χ3n) is 4.92. The number of furan rings is 1. The molecule has 0 saturated carbocycles. The number of likely N-dealkylation sites (tertiary alicyclic amines) is 1. The Morgan fingerprint density at radius 2 is 2.03 bits per heavy atom. The van der Waals surface area contributed by atoms with Gasteiger partial charge in [-0.3, -0.25) is 14.4 Å². The molecule has 1 N–H and O–H groups in total. The summed E-state index contributed by atoms with van der Waals surface area (Å²) in [6.07, 6.45) is 1.68. The average Bonchev–Trinajstić information content (AvgIpc) is 3.35. The van der Waals surface area contributed by atoms with Crippen molar-refractivity contribution in [2.45, 2.75) is 26.4 Å². The summed E-state index contributed by atoms with van der Waals surface area (Å²) in [5.41, 5.74) is 0.768. The van der Waals surface area contributed by atoms with Crippen molar-refractivity contribution in [3.63, 3.8) is 0 Å². The first-order valence-electron chi connectivity index (χ1n) is 9.56. The number of nitrogens with zero attached hydrogens (tertiary/aromatic N) is 2. The van der Waals surface area contributed by atoms with E-state index in [0.717, 1.165) is 5.56 Å². The van der Waals surface area contributed by atoms with E-state index >= 15 is 0 Å². The van der Waals surface area contributed by atoms with Gasteiger partial charge in [-0.15, -0.1) is 0 Å². The Bertz CT molecular complexity index is 851. The number of carbonyl (C=O) groups excluding carboxylic acids is 3. The van der Waals surface area contributed by atoms with E-state index < -0.39 is 5.92 Å². The first kappa shape index (κ1) is 20.6. The number of hydrogen-bond acceptors (Lipinski definition) is 4. The lowest BCUT2D eigenvalue weighted by Crippen LogP contribution is -2.43. The van der Waals surface area contributed by atoms with E-state index in [0.29, 0.717) is 25.4 Å². The molecule has 29 heavy (non-hydrogen) atoms. The Morgan fingerprint density at radius 3 is 2.69 bits per heavy atom. The molecule has 1 fully saturated rings. The van der Waals surface area contributed by atoms with E-state index in [1.807, 2.05) is 0 Å². The zero-order valence-corrected chi connectivity index (χ0v) is 16.3. The van der Waals surface area contributed by atoms with Crippen LogP contribution in [0.3, 0.4) is 0 Å². The fourth-order valence-electron chi connectivity index (χ4n) is 3.32. The van der Waals surface area contributed by atoms with Crippen molar-refractivity contribution in [3.8, 4) is 0 Å². The molecule has 0 radical (unpaired) electrons. The third-order valence-corrected chi connectivity index (χ3v) is 4.92. The molecule has 8 heteroatoms. The van der Waals surface area contributed by atoms with Crippen LogP contribution >= 0.6 is 0 Å². The molecule has 0 spiro atoms. The molecular formula is C21H24FN3O4. The van der Waals surface area contributed by atoms with Gasteiger partial charge in [0.25, 0.3) is 0 Å². The van der Waals surface area contributed by atoms with E-state index in [4.69, 9.17) is 4.42 Å². The van der Waals surface area contributed by atoms with E-state index in [9.17, 15) is 18.8 Å². The standard InChI is InChI=1S/C21H24FN3O4/c1-2-24(14-19(26)23-11-15-5-7-17(22)8-6-15)21(28)16-10-20(27)25(12-16)13-18-4-3-9-29-18/h3-9,16H,2,10-14H2,1H3,(H,23,26). The highest BCUT2D eigenvalue weighted by molar-refractivity contribution is 5.91. The number of halogens is 1. The normalized spacial score (nSPS) is 16.1. The van der Waals surface area contributed by atoms with Gasteiger partial charge in [-0.25, -0.2) is 4.39 Å². The van der Waals surface area contributed by atoms with Crippen molar-refractivity contribution in [3.05, 3.63) is 59.8 Å². The van der Waals surface area contributed by atoms with Gasteiger partial charge < -0.3 is 19.5 Å². The summed E-state index contributed by atoms with van der Waals surface area (Å²) in [6, 6.07) is 9.38. The Balaban J connectivity index is 1.51. The van der Waals surface area contributed by atoms with Crippen molar-refractivity contribution < 1.29 is 23.2 Å². The maximum absolute atomic E-state index is 12.9. The molecule has 0 aliphatic carbocycles. The van der Waals surface area contributed by atoms with Gasteiger partial charge in [-0.2, -0.15) is 0 Å². The summed E-state index contributed by atoms with van der Waals surface area (Å²) < 4.78 is 18.2. The molecular weight excluding hydrogens is 377 g/mol. The number of rotatable bonds is 8. The Kier molecular flexibility index (Phi) is 6.64. The lowest BCUT2D eigenvalue weighted by molar-refractivity contribution is -0.139. The van der Waals surface area contributed by atoms with Gasteiger partial charge in [0, 0.05) is 26.1 Å². The molecule has 154 valence electrons. The molecule has 1 aliphatic rings. The predicted octanol–water partition coefficient (Wildman–Crippen LogP) is 1.93. The van der Waals surface area contributed by atoms with Gasteiger partial charge in [0.1, 0.15) is 11.6 Å². The van der Waals surface area contributed by atoms with Gasteiger partial charge in [0.05, 0.1) is 25.3 Å². The molecule has 0 bridgehead atoms. The number of amides is 3. The first-order valence-corrected chi connectivity index (χ1v) is 9.56. The molecule has 1 aromatic carbocycles. The molecule has 3 amide bonds. The second-order valence-corrected chi connectivity index (χ2v) is 7.01. The van der Waals surface area contributed by atoms with Crippen LogP contribution in [-0.4, -0.2) is 47.2 Å². The van der Waals surface area contributed by atoms with Crippen molar-refractivity contribution in [1.82, 2.24) is 15.1 Å². The zero-order valence-electron chi connectivity index (χ0n) is 16.3. The fraction of sp³-hybridized carbons (Fsp3) is 0.381. The number of likely N-dealkylation sites (N-methyl/N-ethyl adjacent to an activating group) is 1. The van der Waals surface area contributed by atoms with Gasteiger partial charge in [0.15, 0.2) is 0 Å². The van der Waals surface area contributed by atoms with Crippen LogP contribution in [0.2, 0.25) is 0 Å². The highest BCUT2D eigenvalue weighted by atomic mass is 19.1. The lowest BCUT2D eigenvalue weighted by atomic mass is 10.1. The van der Waals surface area contributed by atoms with Gasteiger partial charge >= 0.3 is 0 Å². The molecule has 2 aromatic rings. The predicted molar refractivity (Wildman–Crippen MR) is 103 cm³/mol. The SMILES string of the molecule is CCN(CC(=O)NCc1ccc(F)cc1)C(=O)C1CC(=O)N(Cc2ccco2)C1. The smallest absolute Gasteiger partial charge is 0.239 e. The molecule has 1 unspecified atom stereocenters. The van der Waals surface area contributed by atoms with E-state index in [2.05, 4.69) is 5.32 Å². The van der Waals surface area contributed by atoms with Crippen LogP contribution in [0.15, 0.2) is 47.1 Å². The minimum atomic E-state index is -0.470. The summed E-state index contributed by atoms with van der Waals surface area (Å²) >= 11 is 0. The maximum atomic E-state index is 12.9. The van der Waals surface area contributed by atoms with Crippen LogP contribution in [0.1, 0.15) is 24.7 Å². The second kappa shape index (κ2) is 9.36. The average molecular weight is 401 g/mol. The van der Waals surface area contributed by atoms with Crippen molar-refractivity contribution >= 4 is 17.7 Å². The van der Waals surface area contributed by atoms with E-state index in [1.165, 1.54) is 17.0 Å². The quantitative estimate of drug-likeness (QED) is 0.733. The highest BCUT2D eigenvalue weighted by Crippen LogP contribution is 2.22. The van der Waals surface area contributed by atoms with Crippen LogP contribution < -0.4 is 5.32 Å². The summed E-state index contributed by atoms with van der Waals surface area (Å²) in [4.78, 5) is 40.4. The van der Waals surface area contributed by atoms with Gasteiger partial charge in [0.2, 0.25) is 17.7 Å². The minimum Gasteiger partial charge on any atom is -0.467 e. The van der Waals surface area contributed by atoms with Crippen LogP contribution in [0.5, 0.6) is 0 Å². The van der Waals surface area contributed by atoms with Crippen molar-refractivity contribution in [2.75, 3.05) is 19.6 Å². The summed E-state index contributed by atoms with van der Waals surface area (Å²) in [7, 11) is 0. The maximum Gasteiger partial charge on any atom is 0.239 e. The van der Waals surface area contributed by atoms with Crippen LogP contribution in [0.25, 0.3) is 0 Å². The van der Waals surface area contributed by atoms with Crippen LogP contribution in [0, 0.1) is 11.7 Å². The summed E-state index contributed by atoms with van der Waals surface area (Å²) in [6.45, 7) is 2.98. The van der Waals surface area contributed by atoms with E-state index in [1.54, 1.807) is 42.4 Å².